The van der Waals surface area contributed by atoms with Crippen LogP contribution < -0.4 is 5.73 Å². The molecule has 0 unspecified atom stereocenters. The predicted octanol–water partition coefficient (Wildman–Crippen LogP) is -0.846. The third-order valence-corrected chi connectivity index (χ3v) is 1.87. The van der Waals surface area contributed by atoms with Crippen molar-refractivity contribution in [1.82, 2.24) is 10.2 Å². The van der Waals surface area contributed by atoms with E-state index in [9.17, 15) is 9.59 Å². The molecule has 0 atom stereocenters. The lowest BCUT2D eigenvalue weighted by Crippen LogP contribution is -2.26. The minimum atomic E-state index is -0.177. The minimum Gasteiger partial charge on any atom is -0.409 e. The Morgan fingerprint density at radius 3 is 2.72 bits per heavy atom. The van der Waals surface area contributed by atoms with Crippen LogP contribution in [-0.2, 0) is 25.8 Å². The second-order valence-electron chi connectivity index (χ2n) is 2.88. The first-order valence-corrected chi connectivity index (χ1v) is 4.63. The molecule has 0 amide bonds. The Morgan fingerprint density at radius 2 is 2.17 bits per heavy atom. The van der Waals surface area contributed by atoms with Crippen LogP contribution in [0.3, 0.4) is 0 Å². The first kappa shape index (κ1) is 13.4. The largest absolute Gasteiger partial charge is 0.409 e. The summed E-state index contributed by atoms with van der Waals surface area (Å²) in [6.45, 7) is -0.0188. The van der Waals surface area contributed by atoms with E-state index in [1.807, 2.05) is 0 Å². The number of rotatable bonds is 7. The van der Waals surface area contributed by atoms with E-state index in [2.05, 4.69) is 19.8 Å². The molecule has 96 valence electrons. The summed E-state index contributed by atoms with van der Waals surface area (Å²) in [6, 6.07) is 3.11. The van der Waals surface area contributed by atoms with Crippen molar-refractivity contribution < 1.29 is 24.5 Å². The molecule has 0 aliphatic rings. The predicted molar refractivity (Wildman–Crippen MR) is 56.6 cm³/mol. The van der Waals surface area contributed by atoms with Crippen LogP contribution in [0.1, 0.15) is 11.3 Å². The monoisotopic (exact) mass is 254 g/mol. The fraction of sp³-hybridized carbons (Fsp3) is 0.111. The number of hydrogen-bond donors (Lipinski definition) is 2. The second kappa shape index (κ2) is 6.81. The van der Waals surface area contributed by atoms with E-state index in [-0.39, 0.29) is 31.0 Å². The third kappa shape index (κ3) is 3.42. The van der Waals surface area contributed by atoms with E-state index in [0.717, 1.165) is 0 Å². The van der Waals surface area contributed by atoms with Gasteiger partial charge in [-0.1, -0.05) is 5.16 Å². The zero-order valence-electron chi connectivity index (χ0n) is 9.09. The number of carbonyl (C=O) groups is 2. The highest BCUT2D eigenvalue weighted by molar-refractivity contribution is 5.97. The highest BCUT2D eigenvalue weighted by Crippen LogP contribution is 2.08. The lowest BCUT2D eigenvalue weighted by molar-refractivity contribution is -0.317. The highest BCUT2D eigenvalue weighted by atomic mass is 17.0. The Hall–Kier alpha value is -2.68. The molecule has 1 aromatic heterocycles. The minimum absolute atomic E-state index is 0.0790. The van der Waals surface area contributed by atoms with Gasteiger partial charge in [-0.3, -0.25) is 14.6 Å². The molecule has 0 aliphatic heterocycles. The van der Waals surface area contributed by atoms with Gasteiger partial charge >= 0.3 is 12.9 Å². The van der Waals surface area contributed by atoms with Gasteiger partial charge in [-0.15, -0.1) is 0 Å². The van der Waals surface area contributed by atoms with Crippen LogP contribution in [0.25, 0.3) is 0 Å². The van der Waals surface area contributed by atoms with Gasteiger partial charge in [-0.25, -0.2) is 0 Å². The maximum Gasteiger partial charge on any atom is 0.317 e. The Kier molecular flexibility index (Phi) is 5.06. The van der Waals surface area contributed by atoms with E-state index in [4.69, 9.17) is 10.9 Å². The van der Waals surface area contributed by atoms with E-state index >= 15 is 0 Å². The molecule has 0 saturated carbocycles. The number of amidine groups is 1. The normalized spacial score (nSPS) is 11.1. The summed E-state index contributed by atoms with van der Waals surface area (Å²) < 4.78 is 0. The van der Waals surface area contributed by atoms with Crippen molar-refractivity contribution in [2.45, 2.75) is 6.54 Å². The Labute approximate surface area is 101 Å². The molecular formula is C9H10N4O5. The van der Waals surface area contributed by atoms with Crippen LogP contribution in [0.5, 0.6) is 0 Å². The van der Waals surface area contributed by atoms with Crippen molar-refractivity contribution in [1.29, 1.82) is 0 Å². The van der Waals surface area contributed by atoms with Gasteiger partial charge in [0.25, 0.3) is 0 Å². The SMILES string of the molecule is NC(=NO)c1cccnc1CN(OC=O)OC=O. The number of oxime groups is 1. The van der Waals surface area contributed by atoms with Gasteiger partial charge in [0.2, 0.25) is 0 Å². The molecule has 18 heavy (non-hydrogen) atoms. The van der Waals surface area contributed by atoms with Crippen molar-refractivity contribution in [3.8, 4) is 0 Å². The number of pyridine rings is 1. The average Bonchev–Trinajstić information content (AvgIpc) is 2.39. The number of hydroxylamine groups is 2. The van der Waals surface area contributed by atoms with Gasteiger partial charge in [0, 0.05) is 17.0 Å². The van der Waals surface area contributed by atoms with E-state index in [0.29, 0.717) is 10.8 Å². The molecule has 1 aromatic rings. The topological polar surface area (TPSA) is 127 Å². The fourth-order valence-corrected chi connectivity index (χ4v) is 1.17. The zero-order chi connectivity index (χ0) is 13.4. The van der Waals surface area contributed by atoms with Gasteiger partial charge in [0.15, 0.2) is 5.84 Å². The van der Waals surface area contributed by atoms with Crippen molar-refractivity contribution in [2.75, 3.05) is 0 Å². The number of aromatic nitrogens is 1. The lowest BCUT2D eigenvalue weighted by atomic mass is 10.2. The summed E-state index contributed by atoms with van der Waals surface area (Å²) in [6.07, 6.45) is 1.45. The molecule has 0 aromatic carbocycles. The number of carbonyl (C=O) groups excluding carboxylic acids is 2. The molecule has 0 radical (unpaired) electrons. The molecule has 0 aliphatic carbocycles. The average molecular weight is 254 g/mol. The second-order valence-corrected chi connectivity index (χ2v) is 2.88. The Morgan fingerprint density at radius 1 is 1.50 bits per heavy atom. The van der Waals surface area contributed by atoms with E-state index < -0.39 is 0 Å². The molecule has 1 rings (SSSR count). The summed E-state index contributed by atoms with van der Waals surface area (Å²) >= 11 is 0. The van der Waals surface area contributed by atoms with Gasteiger partial charge in [0.1, 0.15) is 6.54 Å². The first-order valence-electron chi connectivity index (χ1n) is 4.63. The van der Waals surface area contributed by atoms with Crippen LogP contribution in [-0.4, -0.2) is 34.2 Å². The summed E-state index contributed by atoms with van der Waals surface area (Å²) in [5, 5.41) is 12.0. The van der Waals surface area contributed by atoms with Crippen molar-refractivity contribution in [3.63, 3.8) is 0 Å². The van der Waals surface area contributed by atoms with E-state index in [1.54, 1.807) is 6.07 Å². The highest BCUT2D eigenvalue weighted by Gasteiger charge is 2.14. The quantitative estimate of drug-likeness (QED) is 0.212. The van der Waals surface area contributed by atoms with Crippen LogP contribution in [0, 0.1) is 0 Å². The van der Waals surface area contributed by atoms with Crippen LogP contribution in [0.4, 0.5) is 0 Å². The Bertz CT molecular complexity index is 440. The zero-order valence-corrected chi connectivity index (χ0v) is 9.09. The first-order chi connectivity index (χ1) is 8.72. The summed E-state index contributed by atoms with van der Waals surface area (Å²) in [4.78, 5) is 33.1. The van der Waals surface area contributed by atoms with Crippen LogP contribution in [0.2, 0.25) is 0 Å². The van der Waals surface area contributed by atoms with Gasteiger partial charge in [-0.2, -0.15) is 0 Å². The van der Waals surface area contributed by atoms with Crippen LogP contribution in [0.15, 0.2) is 23.5 Å². The molecule has 0 spiro atoms. The summed E-state index contributed by atoms with van der Waals surface area (Å²) in [5.41, 5.74) is 6.04. The van der Waals surface area contributed by atoms with Crippen molar-refractivity contribution in [3.05, 3.63) is 29.6 Å². The van der Waals surface area contributed by atoms with Gasteiger partial charge < -0.3 is 20.6 Å². The fourth-order valence-electron chi connectivity index (χ4n) is 1.17. The maximum atomic E-state index is 10.2. The molecule has 0 saturated heterocycles. The van der Waals surface area contributed by atoms with Gasteiger partial charge in [-0.05, 0) is 12.1 Å². The summed E-state index contributed by atoms with van der Waals surface area (Å²) in [7, 11) is 0. The maximum absolute atomic E-state index is 10.2. The third-order valence-electron chi connectivity index (χ3n) is 1.87. The Balaban J connectivity index is 2.94. The molecular weight excluding hydrogens is 244 g/mol. The van der Waals surface area contributed by atoms with Crippen molar-refractivity contribution in [2.24, 2.45) is 10.9 Å². The molecule has 9 heteroatoms. The summed E-state index contributed by atoms with van der Waals surface area (Å²) in [5.74, 6) is -0.171. The molecule has 0 bridgehead atoms. The van der Waals surface area contributed by atoms with Crippen LogP contribution >= 0.6 is 0 Å². The van der Waals surface area contributed by atoms with Crippen molar-refractivity contribution >= 4 is 18.8 Å². The van der Waals surface area contributed by atoms with Gasteiger partial charge in [0.05, 0.1) is 5.69 Å². The van der Waals surface area contributed by atoms with E-state index in [1.165, 1.54) is 12.3 Å². The number of hydrogen-bond acceptors (Lipinski definition) is 8. The lowest BCUT2D eigenvalue weighted by Gasteiger charge is -2.15. The molecule has 3 N–H and O–H groups in total. The molecule has 0 fully saturated rings. The number of nitrogens with zero attached hydrogens (tertiary/aromatic N) is 3. The number of nitrogens with two attached hydrogens (primary N) is 1. The standard InChI is InChI=1S/C9H10N4O5/c10-9(12-16)7-2-1-3-11-8(7)4-13(17-5-14)18-6-15/h1-3,5-6,16H,4H2,(H2,10,12). The molecule has 1 heterocycles. The molecule has 9 nitrogen and oxygen atoms in total. The smallest absolute Gasteiger partial charge is 0.317 e.